The van der Waals surface area contributed by atoms with Gasteiger partial charge in [0.15, 0.2) is 0 Å². The van der Waals surface area contributed by atoms with Crippen molar-refractivity contribution in [3.05, 3.63) is 29.8 Å². The molecule has 0 amide bonds. The van der Waals surface area contributed by atoms with Gasteiger partial charge in [-0.05, 0) is 6.07 Å². The Morgan fingerprint density at radius 3 is 2.08 bits per heavy atom. The van der Waals surface area contributed by atoms with E-state index in [1.165, 1.54) is 12.1 Å². The Morgan fingerprint density at radius 2 is 1.62 bits per heavy atom. The van der Waals surface area contributed by atoms with Crippen molar-refractivity contribution < 1.29 is 20.4 Å². The molecule has 4 N–H and O–H groups in total. The van der Waals surface area contributed by atoms with Crippen LogP contribution in [-0.2, 0) is 5.60 Å². The van der Waals surface area contributed by atoms with E-state index < -0.39 is 18.8 Å². The SMILES string of the molecule is OCC(O)(CO)c1ccccc1O. The van der Waals surface area contributed by atoms with Gasteiger partial charge in [-0.15, -0.1) is 0 Å². The number of hydrogen-bond acceptors (Lipinski definition) is 4. The minimum Gasteiger partial charge on any atom is -0.508 e. The molecule has 72 valence electrons. The van der Waals surface area contributed by atoms with Crippen molar-refractivity contribution in [2.24, 2.45) is 0 Å². The van der Waals surface area contributed by atoms with Gasteiger partial charge in [-0.2, -0.15) is 0 Å². The number of phenolic OH excluding ortho intramolecular Hbond substituents is 1. The van der Waals surface area contributed by atoms with Crippen LogP contribution in [0.25, 0.3) is 0 Å². The first-order chi connectivity index (χ1) is 6.14. The Labute approximate surface area is 75.7 Å². The summed E-state index contributed by atoms with van der Waals surface area (Å²) in [6, 6.07) is 6.02. The highest BCUT2D eigenvalue weighted by Gasteiger charge is 2.29. The second-order valence-electron chi connectivity index (χ2n) is 2.86. The molecule has 0 atom stereocenters. The molecular weight excluding hydrogens is 172 g/mol. The largest absolute Gasteiger partial charge is 0.508 e. The van der Waals surface area contributed by atoms with Gasteiger partial charge in [0.25, 0.3) is 0 Å². The molecule has 0 aliphatic carbocycles. The molecule has 0 aliphatic rings. The molecule has 1 aromatic rings. The van der Waals surface area contributed by atoms with Crippen LogP contribution in [0.2, 0.25) is 0 Å². The number of para-hydroxylation sites is 1. The summed E-state index contributed by atoms with van der Waals surface area (Å²) in [6.07, 6.45) is 0. The predicted octanol–water partition coefficient (Wildman–Crippen LogP) is -0.436. The van der Waals surface area contributed by atoms with Crippen molar-refractivity contribution in [2.45, 2.75) is 5.60 Å². The fourth-order valence-corrected chi connectivity index (χ4v) is 1.09. The maximum Gasteiger partial charge on any atom is 0.139 e. The number of aliphatic hydroxyl groups is 3. The number of hydrogen-bond donors (Lipinski definition) is 4. The van der Waals surface area contributed by atoms with Gasteiger partial charge in [-0.25, -0.2) is 0 Å². The number of benzene rings is 1. The number of aromatic hydroxyl groups is 1. The first kappa shape index (κ1) is 9.98. The highest BCUT2D eigenvalue weighted by Crippen LogP contribution is 2.28. The van der Waals surface area contributed by atoms with Gasteiger partial charge in [-0.3, -0.25) is 0 Å². The fourth-order valence-electron chi connectivity index (χ4n) is 1.09. The van der Waals surface area contributed by atoms with E-state index in [0.29, 0.717) is 0 Å². The summed E-state index contributed by atoms with van der Waals surface area (Å²) >= 11 is 0. The Balaban J connectivity index is 3.12. The molecule has 0 aliphatic heterocycles. The third-order valence-corrected chi connectivity index (χ3v) is 1.93. The smallest absolute Gasteiger partial charge is 0.139 e. The van der Waals surface area contributed by atoms with E-state index in [1.54, 1.807) is 12.1 Å². The Hall–Kier alpha value is -1.10. The van der Waals surface area contributed by atoms with Crippen molar-refractivity contribution in [2.75, 3.05) is 13.2 Å². The minimum atomic E-state index is -1.77. The number of aliphatic hydroxyl groups excluding tert-OH is 2. The second kappa shape index (κ2) is 3.74. The maximum absolute atomic E-state index is 9.62. The third kappa shape index (κ3) is 1.80. The predicted molar refractivity (Wildman–Crippen MR) is 46.2 cm³/mol. The van der Waals surface area contributed by atoms with Gasteiger partial charge in [0, 0.05) is 5.56 Å². The van der Waals surface area contributed by atoms with Gasteiger partial charge >= 0.3 is 0 Å². The number of rotatable bonds is 3. The van der Waals surface area contributed by atoms with Crippen LogP contribution in [0, 0.1) is 0 Å². The molecule has 1 rings (SSSR count). The summed E-state index contributed by atoms with van der Waals surface area (Å²) in [5.74, 6) is -0.145. The van der Waals surface area contributed by atoms with Crippen molar-refractivity contribution in [1.29, 1.82) is 0 Å². The molecule has 4 nitrogen and oxygen atoms in total. The van der Waals surface area contributed by atoms with Gasteiger partial charge in [0.05, 0.1) is 13.2 Å². The van der Waals surface area contributed by atoms with Gasteiger partial charge in [-0.1, -0.05) is 18.2 Å². The maximum atomic E-state index is 9.62. The molecule has 0 radical (unpaired) electrons. The molecule has 0 saturated heterocycles. The van der Waals surface area contributed by atoms with Gasteiger partial charge < -0.3 is 20.4 Å². The van der Waals surface area contributed by atoms with Crippen LogP contribution in [0.5, 0.6) is 5.75 Å². The first-order valence-electron chi connectivity index (χ1n) is 3.86. The number of phenols is 1. The summed E-state index contributed by atoms with van der Waals surface area (Å²) in [6.45, 7) is -1.28. The standard InChI is InChI=1S/C9H12O4/c10-5-9(13,6-11)7-3-1-2-4-8(7)12/h1-4,10-13H,5-6H2. The lowest BCUT2D eigenvalue weighted by Crippen LogP contribution is -2.34. The molecule has 13 heavy (non-hydrogen) atoms. The normalized spacial score (nSPS) is 11.6. The molecule has 0 aromatic heterocycles. The van der Waals surface area contributed by atoms with Crippen LogP contribution in [0.15, 0.2) is 24.3 Å². The third-order valence-electron chi connectivity index (χ3n) is 1.93. The van der Waals surface area contributed by atoms with E-state index in [9.17, 15) is 10.2 Å². The highest BCUT2D eigenvalue weighted by molar-refractivity contribution is 5.36. The Bertz CT molecular complexity index is 281. The monoisotopic (exact) mass is 184 g/mol. The quantitative estimate of drug-likeness (QED) is 0.513. The summed E-state index contributed by atoms with van der Waals surface area (Å²) in [5, 5.41) is 36.6. The molecule has 0 heterocycles. The van der Waals surface area contributed by atoms with Crippen LogP contribution >= 0.6 is 0 Å². The summed E-state index contributed by atoms with van der Waals surface area (Å²) in [7, 11) is 0. The van der Waals surface area contributed by atoms with E-state index in [4.69, 9.17) is 10.2 Å². The van der Waals surface area contributed by atoms with E-state index in [2.05, 4.69) is 0 Å². The second-order valence-corrected chi connectivity index (χ2v) is 2.86. The van der Waals surface area contributed by atoms with Crippen LogP contribution < -0.4 is 0 Å². The topological polar surface area (TPSA) is 80.9 Å². The van der Waals surface area contributed by atoms with Gasteiger partial charge in [0.1, 0.15) is 11.4 Å². The van der Waals surface area contributed by atoms with Crippen molar-refractivity contribution in [3.63, 3.8) is 0 Å². The minimum absolute atomic E-state index is 0.125. The van der Waals surface area contributed by atoms with Gasteiger partial charge in [0.2, 0.25) is 0 Å². The lowest BCUT2D eigenvalue weighted by atomic mass is 9.95. The highest BCUT2D eigenvalue weighted by atomic mass is 16.4. The molecule has 0 fully saturated rings. The molecule has 0 saturated carbocycles. The lowest BCUT2D eigenvalue weighted by molar-refractivity contribution is -0.0611. The van der Waals surface area contributed by atoms with E-state index >= 15 is 0 Å². The Morgan fingerprint density at radius 1 is 1.08 bits per heavy atom. The first-order valence-corrected chi connectivity index (χ1v) is 3.86. The molecule has 0 unspecified atom stereocenters. The van der Waals surface area contributed by atoms with E-state index in [-0.39, 0.29) is 11.3 Å². The van der Waals surface area contributed by atoms with E-state index in [1.807, 2.05) is 0 Å². The average Bonchev–Trinajstić information content (AvgIpc) is 2.17. The van der Waals surface area contributed by atoms with Crippen LogP contribution in [0.4, 0.5) is 0 Å². The molecule has 0 spiro atoms. The van der Waals surface area contributed by atoms with Crippen molar-refractivity contribution in [1.82, 2.24) is 0 Å². The molecule has 4 heteroatoms. The lowest BCUT2D eigenvalue weighted by Gasteiger charge is -2.24. The summed E-state index contributed by atoms with van der Waals surface area (Å²) in [4.78, 5) is 0. The van der Waals surface area contributed by atoms with Crippen molar-refractivity contribution in [3.8, 4) is 5.75 Å². The zero-order valence-electron chi connectivity index (χ0n) is 7.01. The molecular formula is C9H12O4. The molecule has 1 aromatic carbocycles. The van der Waals surface area contributed by atoms with E-state index in [0.717, 1.165) is 0 Å². The Kier molecular flexibility index (Phi) is 2.87. The van der Waals surface area contributed by atoms with Crippen LogP contribution in [0.3, 0.4) is 0 Å². The van der Waals surface area contributed by atoms with Crippen LogP contribution in [-0.4, -0.2) is 33.6 Å². The summed E-state index contributed by atoms with van der Waals surface area (Å²) in [5.41, 5.74) is -1.65. The summed E-state index contributed by atoms with van der Waals surface area (Å²) < 4.78 is 0. The van der Waals surface area contributed by atoms with Crippen molar-refractivity contribution >= 4 is 0 Å². The van der Waals surface area contributed by atoms with Crippen LogP contribution in [0.1, 0.15) is 5.56 Å². The fraction of sp³-hybridized carbons (Fsp3) is 0.333. The average molecular weight is 184 g/mol. The zero-order chi connectivity index (χ0) is 9.90. The molecule has 0 bridgehead atoms. The zero-order valence-corrected chi connectivity index (χ0v) is 7.01.